The van der Waals surface area contributed by atoms with Crippen LogP contribution in [0.1, 0.15) is 213 Å². The molecule has 6 heteroatoms. The Morgan fingerprint density at radius 1 is 0.361 bits per heavy atom. The standard InChI is InChI=1S/C55H90O6/c1-4-7-10-13-16-19-22-25-26-27-28-29-31-33-36-39-42-45-48-54(57)60-51-52(50-59-53(56)47-44-41-38-35-32-24-21-18-15-12-9-6-3)61-55(58)49-46-43-40-37-34-30-23-20-17-14-11-8-5-2/h9-10,12-13,16,18-19,21-22,25-29,32,35,52H,4-8,11,14-15,17,20,23-24,30-31,33-34,36-51H2,1-3H3/b12-9-,13-10-,19-16-,21-18-,25-22-,27-26-,29-28-,35-32-. The number of allylic oxidation sites excluding steroid dienone is 16. The van der Waals surface area contributed by atoms with Crippen molar-refractivity contribution in [3.63, 3.8) is 0 Å². The van der Waals surface area contributed by atoms with Gasteiger partial charge in [-0.15, -0.1) is 0 Å². The summed E-state index contributed by atoms with van der Waals surface area (Å²) in [5, 5.41) is 0. The Kier molecular flexibility index (Phi) is 46.0. The summed E-state index contributed by atoms with van der Waals surface area (Å²) in [6, 6.07) is 0. The second-order valence-corrected chi connectivity index (χ2v) is 16.1. The Morgan fingerprint density at radius 3 is 1.25 bits per heavy atom. The fraction of sp³-hybridized carbons (Fsp3) is 0.655. The number of hydrogen-bond donors (Lipinski definition) is 0. The van der Waals surface area contributed by atoms with Crippen molar-refractivity contribution in [3.05, 3.63) is 97.2 Å². The van der Waals surface area contributed by atoms with Crippen molar-refractivity contribution in [2.45, 2.75) is 219 Å². The van der Waals surface area contributed by atoms with Crippen molar-refractivity contribution in [2.75, 3.05) is 13.2 Å². The zero-order valence-electron chi connectivity index (χ0n) is 39.4. The average molecular weight is 847 g/mol. The molecular weight excluding hydrogens is 757 g/mol. The molecule has 0 fully saturated rings. The van der Waals surface area contributed by atoms with E-state index in [9.17, 15) is 14.4 Å². The van der Waals surface area contributed by atoms with E-state index in [4.69, 9.17) is 14.2 Å². The quantitative estimate of drug-likeness (QED) is 0.0200. The Balaban J connectivity index is 4.48. The minimum absolute atomic E-state index is 0.103. The van der Waals surface area contributed by atoms with E-state index < -0.39 is 6.10 Å². The summed E-state index contributed by atoms with van der Waals surface area (Å²) in [6.07, 6.45) is 63.8. The predicted molar refractivity (Wildman–Crippen MR) is 260 cm³/mol. The fourth-order valence-electron chi connectivity index (χ4n) is 6.49. The molecule has 0 saturated carbocycles. The smallest absolute Gasteiger partial charge is 0.306 e. The van der Waals surface area contributed by atoms with Gasteiger partial charge >= 0.3 is 17.9 Å². The molecular formula is C55H90O6. The van der Waals surface area contributed by atoms with Gasteiger partial charge in [0.2, 0.25) is 0 Å². The summed E-state index contributed by atoms with van der Waals surface area (Å²) in [4.78, 5) is 37.9. The monoisotopic (exact) mass is 847 g/mol. The molecule has 0 bridgehead atoms. The number of carbonyl (C=O) groups excluding carboxylic acids is 3. The average Bonchev–Trinajstić information content (AvgIpc) is 3.26. The first-order valence-electron chi connectivity index (χ1n) is 24.8. The molecule has 0 spiro atoms. The highest BCUT2D eigenvalue weighted by atomic mass is 16.6. The lowest BCUT2D eigenvalue weighted by molar-refractivity contribution is -0.167. The molecule has 1 atom stereocenters. The van der Waals surface area contributed by atoms with Gasteiger partial charge < -0.3 is 14.2 Å². The van der Waals surface area contributed by atoms with Crippen LogP contribution >= 0.6 is 0 Å². The van der Waals surface area contributed by atoms with Crippen molar-refractivity contribution in [3.8, 4) is 0 Å². The Morgan fingerprint density at radius 2 is 0.738 bits per heavy atom. The molecule has 0 aromatic heterocycles. The van der Waals surface area contributed by atoms with Gasteiger partial charge in [0.05, 0.1) is 0 Å². The van der Waals surface area contributed by atoms with Gasteiger partial charge in [-0.25, -0.2) is 0 Å². The Hall–Kier alpha value is -3.67. The summed E-state index contributed by atoms with van der Waals surface area (Å²) in [5.41, 5.74) is 0. The number of hydrogen-bond acceptors (Lipinski definition) is 6. The van der Waals surface area contributed by atoms with Crippen LogP contribution in [0.25, 0.3) is 0 Å². The van der Waals surface area contributed by atoms with E-state index in [2.05, 4.69) is 87.6 Å². The van der Waals surface area contributed by atoms with E-state index in [-0.39, 0.29) is 31.1 Å². The maximum atomic E-state index is 12.8. The van der Waals surface area contributed by atoms with Crippen LogP contribution in [0.2, 0.25) is 0 Å². The van der Waals surface area contributed by atoms with E-state index in [1.807, 2.05) is 30.4 Å². The summed E-state index contributed by atoms with van der Waals surface area (Å²) >= 11 is 0. The third-order valence-electron chi connectivity index (χ3n) is 10.2. The largest absolute Gasteiger partial charge is 0.462 e. The van der Waals surface area contributed by atoms with Crippen LogP contribution in [-0.4, -0.2) is 37.2 Å². The van der Waals surface area contributed by atoms with Gasteiger partial charge in [-0.1, -0.05) is 221 Å². The first kappa shape index (κ1) is 57.3. The molecule has 0 aliphatic heterocycles. The van der Waals surface area contributed by atoms with Crippen LogP contribution < -0.4 is 0 Å². The predicted octanol–water partition coefficient (Wildman–Crippen LogP) is 16.2. The van der Waals surface area contributed by atoms with Crippen molar-refractivity contribution >= 4 is 17.9 Å². The molecule has 0 aromatic carbocycles. The lowest BCUT2D eigenvalue weighted by Crippen LogP contribution is -2.30. The Bertz CT molecular complexity index is 1250. The van der Waals surface area contributed by atoms with Gasteiger partial charge in [0.1, 0.15) is 13.2 Å². The minimum Gasteiger partial charge on any atom is -0.462 e. The second-order valence-electron chi connectivity index (χ2n) is 16.1. The molecule has 61 heavy (non-hydrogen) atoms. The molecule has 346 valence electrons. The first-order chi connectivity index (χ1) is 30.0. The normalized spacial score (nSPS) is 12.9. The Labute approximate surface area is 375 Å². The van der Waals surface area contributed by atoms with Gasteiger partial charge in [0.25, 0.3) is 0 Å². The maximum Gasteiger partial charge on any atom is 0.306 e. The first-order valence-corrected chi connectivity index (χ1v) is 24.8. The summed E-state index contributed by atoms with van der Waals surface area (Å²) in [5.74, 6) is -0.969. The van der Waals surface area contributed by atoms with Crippen LogP contribution in [0.5, 0.6) is 0 Å². The van der Waals surface area contributed by atoms with Gasteiger partial charge in [0.15, 0.2) is 6.10 Å². The molecule has 0 rings (SSSR count). The molecule has 1 unspecified atom stereocenters. The summed E-state index contributed by atoms with van der Waals surface area (Å²) < 4.78 is 16.7. The van der Waals surface area contributed by atoms with Crippen LogP contribution in [-0.2, 0) is 28.6 Å². The highest BCUT2D eigenvalue weighted by Gasteiger charge is 2.19. The van der Waals surface area contributed by atoms with Gasteiger partial charge in [0, 0.05) is 19.3 Å². The van der Waals surface area contributed by atoms with Gasteiger partial charge in [-0.05, 0) is 70.6 Å². The SMILES string of the molecule is CC/C=C\C/C=C\C/C=C\CCCCC(=O)OCC(COC(=O)CCCCCCC\C=C/C=C\C=C/C=C\C=C/CCC)OC(=O)CCCCCCCCCCCCCCC. The molecule has 0 N–H and O–H groups in total. The van der Waals surface area contributed by atoms with Crippen LogP contribution in [0, 0.1) is 0 Å². The highest BCUT2D eigenvalue weighted by Crippen LogP contribution is 2.14. The van der Waals surface area contributed by atoms with Crippen LogP contribution in [0.4, 0.5) is 0 Å². The highest BCUT2D eigenvalue weighted by molar-refractivity contribution is 5.71. The van der Waals surface area contributed by atoms with Crippen molar-refractivity contribution in [1.29, 1.82) is 0 Å². The van der Waals surface area contributed by atoms with Crippen LogP contribution in [0.3, 0.4) is 0 Å². The summed E-state index contributed by atoms with van der Waals surface area (Å²) in [6.45, 7) is 6.36. The number of carbonyl (C=O) groups is 3. The molecule has 0 amide bonds. The summed E-state index contributed by atoms with van der Waals surface area (Å²) in [7, 11) is 0. The molecule has 0 aromatic rings. The third-order valence-corrected chi connectivity index (χ3v) is 10.2. The minimum atomic E-state index is -0.802. The zero-order valence-corrected chi connectivity index (χ0v) is 39.4. The molecule has 6 nitrogen and oxygen atoms in total. The van der Waals surface area contributed by atoms with E-state index in [0.29, 0.717) is 19.3 Å². The van der Waals surface area contributed by atoms with Crippen molar-refractivity contribution in [2.24, 2.45) is 0 Å². The van der Waals surface area contributed by atoms with E-state index in [0.717, 1.165) is 103 Å². The zero-order chi connectivity index (χ0) is 44.4. The van der Waals surface area contributed by atoms with E-state index >= 15 is 0 Å². The lowest BCUT2D eigenvalue weighted by Gasteiger charge is -2.18. The number of esters is 3. The number of unbranched alkanes of at least 4 members (excludes halogenated alkanes) is 20. The second kappa shape index (κ2) is 49.0. The van der Waals surface area contributed by atoms with E-state index in [1.54, 1.807) is 0 Å². The molecule has 0 heterocycles. The van der Waals surface area contributed by atoms with Crippen molar-refractivity contribution in [1.82, 2.24) is 0 Å². The molecule has 0 saturated heterocycles. The number of ether oxygens (including phenoxy) is 3. The molecule has 0 aliphatic rings. The van der Waals surface area contributed by atoms with Gasteiger partial charge in [-0.3, -0.25) is 14.4 Å². The third kappa shape index (κ3) is 47.2. The maximum absolute atomic E-state index is 12.8. The lowest BCUT2D eigenvalue weighted by atomic mass is 10.0. The fourth-order valence-corrected chi connectivity index (χ4v) is 6.49. The van der Waals surface area contributed by atoms with Crippen molar-refractivity contribution < 1.29 is 28.6 Å². The number of rotatable bonds is 43. The topological polar surface area (TPSA) is 78.9 Å². The molecule has 0 aliphatic carbocycles. The van der Waals surface area contributed by atoms with Gasteiger partial charge in [-0.2, -0.15) is 0 Å². The van der Waals surface area contributed by atoms with E-state index in [1.165, 1.54) is 70.6 Å². The van der Waals surface area contributed by atoms with Crippen LogP contribution in [0.15, 0.2) is 97.2 Å². The molecule has 0 radical (unpaired) electrons.